The number of likely N-dealkylation sites (tertiary alicyclic amines) is 1. The number of amides is 1. The van der Waals surface area contributed by atoms with E-state index in [-0.39, 0.29) is 17.2 Å². The molecule has 0 aromatic heterocycles. The van der Waals surface area contributed by atoms with Gasteiger partial charge >= 0.3 is 5.97 Å². The highest BCUT2D eigenvalue weighted by atomic mass is 79.9. The third-order valence-corrected chi connectivity index (χ3v) is 7.18. The van der Waals surface area contributed by atoms with Gasteiger partial charge in [0.25, 0.3) is 0 Å². The average Bonchev–Trinajstić information content (AvgIpc) is 2.89. The summed E-state index contributed by atoms with van der Waals surface area (Å²) in [4.78, 5) is 25.5. The molecule has 1 saturated heterocycles. The number of hydrogen-bond acceptors (Lipinski definition) is 4. The topological polar surface area (TPSA) is 104 Å². The maximum absolute atomic E-state index is 12.6. The molecule has 2 N–H and O–H groups in total. The fourth-order valence-electron chi connectivity index (χ4n) is 3.15. The van der Waals surface area contributed by atoms with E-state index in [4.69, 9.17) is 0 Å². The highest BCUT2D eigenvalue weighted by Crippen LogP contribution is 2.30. The molecule has 1 heterocycles. The van der Waals surface area contributed by atoms with Gasteiger partial charge in [0.15, 0.2) is 0 Å². The number of aliphatic carboxylic acids is 1. The van der Waals surface area contributed by atoms with Gasteiger partial charge in [-0.2, -0.15) is 0 Å². The van der Waals surface area contributed by atoms with E-state index in [0.717, 1.165) is 5.56 Å². The summed E-state index contributed by atoms with van der Waals surface area (Å²) in [6, 6.07) is 4.22. The first kappa shape index (κ1) is 20.9. The Balaban J connectivity index is 2.09. The third-order valence-electron chi connectivity index (χ3n) is 4.62. The van der Waals surface area contributed by atoms with Crippen LogP contribution in [0.3, 0.4) is 0 Å². The molecule has 9 heteroatoms. The zero-order chi connectivity index (χ0) is 19.7. The minimum absolute atomic E-state index is 0.0962. The summed E-state index contributed by atoms with van der Waals surface area (Å²) in [6.07, 6.45) is 0.904. The van der Waals surface area contributed by atoms with Crippen molar-refractivity contribution in [2.24, 2.45) is 0 Å². The monoisotopic (exact) mass is 446 g/mol. The van der Waals surface area contributed by atoms with Crippen LogP contribution in [0.15, 0.2) is 27.6 Å². The number of rotatable bonds is 6. The smallest absolute Gasteiger partial charge is 0.329 e. The minimum Gasteiger partial charge on any atom is -0.480 e. The Labute approximate surface area is 161 Å². The Morgan fingerprint density at radius 2 is 2.08 bits per heavy atom. The molecular formula is C17H23BrN2O5S. The molecule has 7 nitrogen and oxygen atoms in total. The van der Waals surface area contributed by atoms with E-state index >= 15 is 0 Å². The second kappa shape index (κ2) is 7.66. The molecule has 144 valence electrons. The zero-order valence-corrected chi connectivity index (χ0v) is 17.4. The van der Waals surface area contributed by atoms with Crippen LogP contribution in [0.4, 0.5) is 0 Å². The lowest BCUT2D eigenvalue weighted by Gasteiger charge is -2.32. The predicted molar refractivity (Wildman–Crippen MR) is 100 cm³/mol. The van der Waals surface area contributed by atoms with Crippen molar-refractivity contribution in [1.82, 2.24) is 9.62 Å². The van der Waals surface area contributed by atoms with E-state index in [2.05, 4.69) is 20.7 Å². The molecule has 0 saturated carbocycles. The molecule has 26 heavy (non-hydrogen) atoms. The summed E-state index contributed by atoms with van der Waals surface area (Å²) in [6.45, 7) is 5.33. The van der Waals surface area contributed by atoms with E-state index < -0.39 is 27.6 Å². The van der Waals surface area contributed by atoms with Crippen molar-refractivity contribution in [1.29, 1.82) is 0 Å². The number of nitrogens with one attached hydrogen (secondary N) is 1. The average molecular weight is 447 g/mol. The van der Waals surface area contributed by atoms with Gasteiger partial charge in [0.05, 0.1) is 4.90 Å². The van der Waals surface area contributed by atoms with Gasteiger partial charge in [0.2, 0.25) is 15.9 Å². The van der Waals surface area contributed by atoms with Gasteiger partial charge in [0.1, 0.15) is 5.54 Å². The number of carboxylic acid groups (broad SMARTS) is 1. The van der Waals surface area contributed by atoms with Gasteiger partial charge in [-0.15, -0.1) is 0 Å². The van der Waals surface area contributed by atoms with Crippen molar-refractivity contribution < 1.29 is 23.1 Å². The Hall–Kier alpha value is -1.45. The quantitative estimate of drug-likeness (QED) is 0.697. The summed E-state index contributed by atoms with van der Waals surface area (Å²) in [5.74, 6) is -1.41. The van der Waals surface area contributed by atoms with Crippen molar-refractivity contribution >= 4 is 37.8 Å². The standard InChI is InChI=1S/C17H23BrN2O5S/c1-11-5-6-14(13(18)9-11)26(24,25)19-12(2)10-15(21)20-8-4-7-17(20,3)16(22)23/h5-6,9,12,19H,4,7-8,10H2,1-3H3,(H,22,23). The van der Waals surface area contributed by atoms with Crippen LogP contribution in [0.25, 0.3) is 0 Å². The molecule has 0 bridgehead atoms. The van der Waals surface area contributed by atoms with Crippen molar-refractivity contribution in [2.75, 3.05) is 6.54 Å². The number of carbonyl (C=O) groups is 2. The summed E-state index contributed by atoms with van der Waals surface area (Å²) in [5, 5.41) is 9.40. The van der Waals surface area contributed by atoms with Crippen molar-refractivity contribution in [3.63, 3.8) is 0 Å². The Kier molecular flexibility index (Phi) is 6.14. The number of halogens is 1. The van der Waals surface area contributed by atoms with Crippen LogP contribution in [0.5, 0.6) is 0 Å². The molecule has 1 aromatic rings. The molecule has 0 spiro atoms. The lowest BCUT2D eigenvalue weighted by molar-refractivity contribution is -0.155. The number of sulfonamides is 1. The van der Waals surface area contributed by atoms with Crippen LogP contribution in [0.1, 0.15) is 38.7 Å². The van der Waals surface area contributed by atoms with E-state index in [9.17, 15) is 23.1 Å². The van der Waals surface area contributed by atoms with E-state index in [1.807, 2.05) is 6.92 Å². The molecule has 1 amide bonds. The molecule has 2 unspecified atom stereocenters. The number of hydrogen-bond donors (Lipinski definition) is 2. The summed E-state index contributed by atoms with van der Waals surface area (Å²) >= 11 is 3.25. The highest BCUT2D eigenvalue weighted by Gasteiger charge is 2.45. The number of nitrogens with zero attached hydrogens (tertiary/aromatic N) is 1. The summed E-state index contributed by atoms with van der Waals surface area (Å²) < 4.78 is 28.0. The SMILES string of the molecule is Cc1ccc(S(=O)(=O)NC(C)CC(=O)N2CCCC2(C)C(=O)O)c(Br)c1. The van der Waals surface area contributed by atoms with Crippen molar-refractivity contribution in [3.8, 4) is 0 Å². The van der Waals surface area contributed by atoms with Gasteiger partial charge in [-0.3, -0.25) is 4.79 Å². The van der Waals surface area contributed by atoms with Gasteiger partial charge in [-0.25, -0.2) is 17.9 Å². The lowest BCUT2D eigenvalue weighted by Crippen LogP contribution is -2.52. The molecule has 0 aliphatic carbocycles. The molecule has 1 fully saturated rings. The number of carboxylic acids is 1. The molecule has 1 aliphatic heterocycles. The third kappa shape index (κ3) is 4.27. The van der Waals surface area contributed by atoms with E-state index in [1.165, 1.54) is 17.9 Å². The Bertz CT molecular complexity index is 826. The summed E-state index contributed by atoms with van der Waals surface area (Å²) in [5.41, 5.74) is -0.309. The van der Waals surface area contributed by atoms with Crippen LogP contribution < -0.4 is 4.72 Å². The van der Waals surface area contributed by atoms with E-state index in [1.54, 1.807) is 19.1 Å². The molecular weight excluding hydrogens is 424 g/mol. The first-order chi connectivity index (χ1) is 12.0. The van der Waals surface area contributed by atoms with E-state index in [0.29, 0.717) is 23.9 Å². The van der Waals surface area contributed by atoms with Crippen molar-refractivity contribution in [3.05, 3.63) is 28.2 Å². The fraction of sp³-hybridized carbons (Fsp3) is 0.529. The molecule has 0 radical (unpaired) electrons. The number of aryl methyl sites for hydroxylation is 1. The molecule has 1 aromatic carbocycles. The fourth-order valence-corrected chi connectivity index (χ4v) is 5.59. The van der Waals surface area contributed by atoms with Crippen LogP contribution in [0.2, 0.25) is 0 Å². The van der Waals surface area contributed by atoms with Crippen LogP contribution in [-0.2, 0) is 19.6 Å². The van der Waals surface area contributed by atoms with Gasteiger partial charge < -0.3 is 10.0 Å². The zero-order valence-electron chi connectivity index (χ0n) is 15.0. The number of carbonyl (C=O) groups excluding carboxylic acids is 1. The second-order valence-electron chi connectivity index (χ2n) is 6.89. The van der Waals surface area contributed by atoms with Crippen LogP contribution in [-0.4, -0.2) is 48.4 Å². The predicted octanol–water partition coefficient (Wildman–Crippen LogP) is 2.28. The Morgan fingerprint density at radius 3 is 2.65 bits per heavy atom. The van der Waals surface area contributed by atoms with Gasteiger partial charge in [0, 0.05) is 23.5 Å². The molecule has 2 atom stereocenters. The van der Waals surface area contributed by atoms with Gasteiger partial charge in [-0.05, 0) is 67.2 Å². The van der Waals surface area contributed by atoms with Gasteiger partial charge in [-0.1, -0.05) is 6.07 Å². The molecule has 2 rings (SSSR count). The second-order valence-corrected chi connectivity index (χ2v) is 9.43. The summed E-state index contributed by atoms with van der Waals surface area (Å²) in [7, 11) is -3.81. The molecule has 1 aliphatic rings. The van der Waals surface area contributed by atoms with Crippen molar-refractivity contribution in [2.45, 2.75) is 56.5 Å². The maximum Gasteiger partial charge on any atom is 0.329 e. The number of benzene rings is 1. The minimum atomic E-state index is -3.81. The van der Waals surface area contributed by atoms with Crippen LogP contribution >= 0.6 is 15.9 Å². The Morgan fingerprint density at radius 1 is 1.42 bits per heavy atom. The highest BCUT2D eigenvalue weighted by molar-refractivity contribution is 9.10. The first-order valence-electron chi connectivity index (χ1n) is 8.30. The maximum atomic E-state index is 12.6. The normalized spacial score (nSPS) is 21.6. The lowest BCUT2D eigenvalue weighted by atomic mass is 9.99. The largest absolute Gasteiger partial charge is 0.480 e. The van der Waals surface area contributed by atoms with Crippen LogP contribution in [0, 0.1) is 6.92 Å². The first-order valence-corrected chi connectivity index (χ1v) is 10.6.